The van der Waals surface area contributed by atoms with Crippen LogP contribution in [-0.2, 0) is 34.0 Å². The maximum atomic E-state index is 11.6. The molecule has 2 aromatic carbocycles. The molecule has 0 aliphatic carbocycles. The summed E-state index contributed by atoms with van der Waals surface area (Å²) in [6, 6.07) is 15.5. The number of ether oxygens (including phenoxy) is 6. The number of rotatable bonds is 14. The molecule has 2 aromatic rings. The van der Waals surface area contributed by atoms with Crippen LogP contribution in [-0.4, -0.2) is 37.1 Å². The molecule has 8 nitrogen and oxygen atoms in total. The van der Waals surface area contributed by atoms with E-state index in [1.54, 1.807) is 41.5 Å². The van der Waals surface area contributed by atoms with Crippen LogP contribution in [0.4, 0.5) is 0 Å². The van der Waals surface area contributed by atoms with E-state index in [4.69, 9.17) is 28.4 Å². The van der Waals surface area contributed by atoms with Crippen LogP contribution >= 0.6 is 0 Å². The molecule has 0 aromatic heterocycles. The van der Waals surface area contributed by atoms with Crippen LogP contribution in [0.25, 0.3) is 0 Å². The maximum absolute atomic E-state index is 11.6. The molecule has 4 unspecified atom stereocenters. The molecule has 212 valence electrons. The van der Waals surface area contributed by atoms with Crippen molar-refractivity contribution in [3.05, 3.63) is 84.0 Å². The van der Waals surface area contributed by atoms with Crippen LogP contribution in [0.2, 0.25) is 0 Å². The highest BCUT2D eigenvalue weighted by atomic mass is 16.8. The average Bonchev–Trinajstić information content (AvgIpc) is 2.84. The molecule has 0 saturated heterocycles. The summed E-state index contributed by atoms with van der Waals surface area (Å²) in [7, 11) is 0. The fourth-order valence-electron chi connectivity index (χ4n) is 3.60. The highest BCUT2D eigenvalue weighted by Gasteiger charge is 2.24. The van der Waals surface area contributed by atoms with Gasteiger partial charge in [-0.15, -0.1) is 0 Å². The Morgan fingerprint density at radius 1 is 0.615 bits per heavy atom. The Balaban J connectivity index is 1.95. The van der Waals surface area contributed by atoms with Gasteiger partial charge in [0.2, 0.25) is 25.2 Å². The normalized spacial score (nSPS) is 14.4. The second kappa shape index (κ2) is 14.0. The van der Waals surface area contributed by atoms with Crippen LogP contribution < -0.4 is 9.47 Å². The Labute approximate surface area is 231 Å². The van der Waals surface area contributed by atoms with E-state index in [0.717, 1.165) is 11.1 Å². The summed E-state index contributed by atoms with van der Waals surface area (Å²) < 4.78 is 33.0. The summed E-state index contributed by atoms with van der Waals surface area (Å²) in [5.74, 6) is 0.225. The van der Waals surface area contributed by atoms with Gasteiger partial charge in [-0.25, -0.2) is 9.59 Å². The Morgan fingerprint density at radius 3 is 1.21 bits per heavy atom. The van der Waals surface area contributed by atoms with Crippen molar-refractivity contribution in [2.24, 2.45) is 0 Å². The lowest BCUT2D eigenvalue weighted by atomic mass is 9.78. The topological polar surface area (TPSA) is 89.5 Å². The van der Waals surface area contributed by atoms with Crippen molar-refractivity contribution in [3.63, 3.8) is 0 Å². The van der Waals surface area contributed by atoms with Crippen molar-refractivity contribution in [2.45, 2.75) is 86.0 Å². The van der Waals surface area contributed by atoms with Gasteiger partial charge in [-0.3, -0.25) is 0 Å². The van der Waals surface area contributed by atoms with E-state index >= 15 is 0 Å². The highest BCUT2D eigenvalue weighted by molar-refractivity contribution is 5.87. The quantitative estimate of drug-likeness (QED) is 0.154. The first-order chi connectivity index (χ1) is 18.2. The monoisotopic (exact) mass is 540 g/mol. The van der Waals surface area contributed by atoms with Crippen LogP contribution in [0.1, 0.15) is 66.5 Å². The predicted molar refractivity (Wildman–Crippen MR) is 148 cm³/mol. The van der Waals surface area contributed by atoms with E-state index in [-0.39, 0.29) is 5.41 Å². The van der Waals surface area contributed by atoms with Gasteiger partial charge in [0.15, 0.2) is 0 Å². The third-order valence-electron chi connectivity index (χ3n) is 5.77. The highest BCUT2D eigenvalue weighted by Crippen LogP contribution is 2.33. The second-order valence-electron chi connectivity index (χ2n) is 9.82. The molecule has 0 heterocycles. The summed E-state index contributed by atoms with van der Waals surface area (Å²) in [5.41, 5.74) is 2.49. The molecule has 0 saturated carbocycles. The minimum absolute atomic E-state index is 0.294. The number of benzene rings is 2. The van der Waals surface area contributed by atoms with Gasteiger partial charge in [0.25, 0.3) is 0 Å². The molecule has 0 bridgehead atoms. The molecule has 0 fully saturated rings. The molecule has 0 spiro atoms. The average molecular weight is 541 g/mol. The minimum Gasteiger partial charge on any atom is -0.465 e. The SMILES string of the molecule is C=C(C)C(=O)OC(C)OC(C)Oc1ccc(C(C)(C)c2ccc(OC(C)OC(C)OC(=O)C(=C)C)cc2)cc1. The largest absolute Gasteiger partial charge is 0.465 e. The molecule has 39 heavy (non-hydrogen) atoms. The van der Waals surface area contributed by atoms with Gasteiger partial charge in [0.1, 0.15) is 11.5 Å². The lowest BCUT2D eigenvalue weighted by Crippen LogP contribution is -2.26. The van der Waals surface area contributed by atoms with Gasteiger partial charge in [-0.05, 0) is 76.9 Å². The maximum Gasteiger partial charge on any atom is 0.335 e. The summed E-state index contributed by atoms with van der Waals surface area (Å²) in [4.78, 5) is 23.2. The first kappa shape index (κ1) is 31.6. The van der Waals surface area contributed by atoms with Crippen molar-refractivity contribution >= 4 is 11.9 Å². The zero-order valence-corrected chi connectivity index (χ0v) is 24.1. The lowest BCUT2D eigenvalue weighted by Gasteiger charge is -2.27. The summed E-state index contributed by atoms with van der Waals surface area (Å²) >= 11 is 0. The third-order valence-corrected chi connectivity index (χ3v) is 5.77. The van der Waals surface area contributed by atoms with E-state index in [0.29, 0.717) is 22.6 Å². The van der Waals surface area contributed by atoms with Gasteiger partial charge >= 0.3 is 11.9 Å². The molecular formula is C31H40O8. The Morgan fingerprint density at radius 2 is 0.923 bits per heavy atom. The molecule has 0 amide bonds. The zero-order valence-electron chi connectivity index (χ0n) is 24.1. The van der Waals surface area contributed by atoms with Gasteiger partial charge < -0.3 is 28.4 Å². The molecule has 0 aliphatic rings. The van der Waals surface area contributed by atoms with Crippen LogP contribution in [0, 0.1) is 0 Å². The Bertz CT molecular complexity index is 1040. The van der Waals surface area contributed by atoms with Gasteiger partial charge in [-0.2, -0.15) is 0 Å². The molecule has 8 heteroatoms. The molecule has 4 atom stereocenters. The Hall–Kier alpha value is -3.62. The first-order valence-corrected chi connectivity index (χ1v) is 12.8. The smallest absolute Gasteiger partial charge is 0.335 e. The van der Waals surface area contributed by atoms with E-state index in [1.807, 2.05) is 48.5 Å². The molecule has 0 aliphatic heterocycles. The number of carbonyl (C=O) groups excluding carboxylic acids is 2. The zero-order chi connectivity index (χ0) is 29.3. The lowest BCUT2D eigenvalue weighted by molar-refractivity contribution is -0.206. The minimum atomic E-state index is -0.772. The number of esters is 2. The van der Waals surface area contributed by atoms with Crippen LogP contribution in [0.5, 0.6) is 11.5 Å². The second-order valence-corrected chi connectivity index (χ2v) is 9.82. The number of hydrogen-bond donors (Lipinski definition) is 0. The molecule has 2 rings (SSSR count). The van der Waals surface area contributed by atoms with E-state index in [2.05, 4.69) is 27.0 Å². The molecular weight excluding hydrogens is 500 g/mol. The molecule has 0 radical (unpaired) electrons. The van der Waals surface area contributed by atoms with Gasteiger partial charge in [-0.1, -0.05) is 51.3 Å². The predicted octanol–water partition coefficient (Wildman–Crippen LogP) is 6.43. The summed E-state index contributed by atoms with van der Waals surface area (Å²) in [6.07, 6.45) is -2.80. The first-order valence-electron chi connectivity index (χ1n) is 12.8. The summed E-state index contributed by atoms with van der Waals surface area (Å²) in [5, 5.41) is 0. The van der Waals surface area contributed by atoms with Crippen LogP contribution in [0.3, 0.4) is 0 Å². The fraction of sp³-hybridized carbons (Fsp3) is 0.419. The standard InChI is InChI=1S/C31H40O8/c1-19(2)29(32)38-23(7)34-21(5)36-27-15-11-25(12-16-27)31(9,10)26-13-17-28(18-14-26)37-22(6)35-24(8)39-30(33)20(3)4/h11-18,21-24H,1,3H2,2,4-10H3. The van der Waals surface area contributed by atoms with E-state index in [1.165, 1.54) is 0 Å². The Kier molecular flexibility index (Phi) is 11.3. The van der Waals surface area contributed by atoms with Gasteiger partial charge in [0, 0.05) is 16.6 Å². The van der Waals surface area contributed by atoms with E-state index < -0.39 is 37.1 Å². The van der Waals surface area contributed by atoms with Crippen molar-refractivity contribution in [1.29, 1.82) is 0 Å². The van der Waals surface area contributed by atoms with Gasteiger partial charge in [0.05, 0.1) is 0 Å². The van der Waals surface area contributed by atoms with Crippen molar-refractivity contribution in [2.75, 3.05) is 0 Å². The number of carbonyl (C=O) groups is 2. The third kappa shape index (κ3) is 9.89. The summed E-state index contributed by atoms with van der Waals surface area (Å²) in [6.45, 7) is 21.2. The van der Waals surface area contributed by atoms with Crippen molar-refractivity contribution in [3.8, 4) is 11.5 Å². The molecule has 0 N–H and O–H groups in total. The van der Waals surface area contributed by atoms with Crippen molar-refractivity contribution in [1.82, 2.24) is 0 Å². The van der Waals surface area contributed by atoms with E-state index in [9.17, 15) is 9.59 Å². The van der Waals surface area contributed by atoms with Crippen molar-refractivity contribution < 1.29 is 38.0 Å². The fourth-order valence-corrected chi connectivity index (χ4v) is 3.60. The number of hydrogen-bond acceptors (Lipinski definition) is 8. The van der Waals surface area contributed by atoms with Crippen LogP contribution in [0.15, 0.2) is 72.8 Å².